The van der Waals surface area contributed by atoms with E-state index in [4.69, 9.17) is 19.5 Å². The van der Waals surface area contributed by atoms with Crippen molar-refractivity contribution in [2.75, 3.05) is 13.2 Å². The van der Waals surface area contributed by atoms with Gasteiger partial charge in [-0.2, -0.15) is 5.26 Å². The second-order valence-electron chi connectivity index (χ2n) is 3.96. The van der Waals surface area contributed by atoms with E-state index >= 15 is 0 Å². The first kappa shape index (κ1) is 9.91. The highest BCUT2D eigenvalue weighted by molar-refractivity contribution is 4.97. The minimum Gasteiger partial charge on any atom is -0.377 e. The summed E-state index contributed by atoms with van der Waals surface area (Å²) in [6.07, 6.45) is -0.0398. The maximum Gasteiger partial charge on any atom is 0.109 e. The van der Waals surface area contributed by atoms with Crippen molar-refractivity contribution in [3.8, 4) is 6.07 Å². The van der Waals surface area contributed by atoms with Crippen molar-refractivity contribution in [1.82, 2.24) is 0 Å². The standard InChI is InChI=1S/C10H15NO3/c1-6-7(2)14-10-8(3-11)4-12-5-9(10)13-6/h6-10H,4-5H2,1-2H3. The highest BCUT2D eigenvalue weighted by Crippen LogP contribution is 2.28. The Morgan fingerprint density at radius 2 is 1.86 bits per heavy atom. The lowest BCUT2D eigenvalue weighted by molar-refractivity contribution is -0.252. The van der Waals surface area contributed by atoms with E-state index in [0.717, 1.165) is 0 Å². The molecule has 78 valence electrons. The minimum absolute atomic E-state index is 0.0604. The Morgan fingerprint density at radius 1 is 1.14 bits per heavy atom. The van der Waals surface area contributed by atoms with E-state index in [0.29, 0.717) is 13.2 Å². The summed E-state index contributed by atoms with van der Waals surface area (Å²) in [5.41, 5.74) is 0. The Kier molecular flexibility index (Phi) is 2.73. The summed E-state index contributed by atoms with van der Waals surface area (Å²) in [6, 6.07) is 2.21. The number of fused-ring (bicyclic) bond motifs is 1. The maximum atomic E-state index is 8.92. The Hall–Kier alpha value is -0.630. The van der Waals surface area contributed by atoms with Crippen molar-refractivity contribution in [3.05, 3.63) is 0 Å². The van der Waals surface area contributed by atoms with E-state index in [9.17, 15) is 0 Å². The van der Waals surface area contributed by atoms with Crippen LogP contribution in [0.15, 0.2) is 0 Å². The van der Waals surface area contributed by atoms with Crippen molar-refractivity contribution >= 4 is 0 Å². The van der Waals surface area contributed by atoms with Gasteiger partial charge in [-0.25, -0.2) is 0 Å². The third kappa shape index (κ3) is 1.63. The van der Waals surface area contributed by atoms with Gasteiger partial charge >= 0.3 is 0 Å². The highest BCUT2D eigenvalue weighted by atomic mass is 16.6. The van der Waals surface area contributed by atoms with Crippen LogP contribution >= 0.6 is 0 Å². The SMILES string of the molecule is CC1OC2COCC(C#N)C2OC1C. The Labute approximate surface area is 83.7 Å². The van der Waals surface area contributed by atoms with Crippen molar-refractivity contribution < 1.29 is 14.2 Å². The van der Waals surface area contributed by atoms with Crippen LogP contribution < -0.4 is 0 Å². The van der Waals surface area contributed by atoms with Crippen molar-refractivity contribution in [3.63, 3.8) is 0 Å². The molecule has 2 aliphatic rings. The molecular weight excluding hydrogens is 182 g/mol. The predicted molar refractivity (Wildman–Crippen MR) is 48.6 cm³/mol. The lowest BCUT2D eigenvalue weighted by Gasteiger charge is -2.43. The fourth-order valence-corrected chi connectivity index (χ4v) is 1.91. The average molecular weight is 197 g/mol. The second kappa shape index (κ2) is 3.85. The molecule has 0 aromatic carbocycles. The minimum atomic E-state index is -0.191. The molecule has 14 heavy (non-hydrogen) atoms. The number of ether oxygens (including phenoxy) is 3. The van der Waals surface area contributed by atoms with E-state index in [-0.39, 0.29) is 30.3 Å². The van der Waals surface area contributed by atoms with Gasteiger partial charge in [0.1, 0.15) is 12.2 Å². The third-order valence-corrected chi connectivity index (χ3v) is 2.93. The molecule has 5 unspecified atom stereocenters. The number of nitriles is 1. The zero-order valence-electron chi connectivity index (χ0n) is 8.47. The van der Waals surface area contributed by atoms with Gasteiger partial charge in [0.2, 0.25) is 0 Å². The molecule has 0 amide bonds. The summed E-state index contributed by atoms with van der Waals surface area (Å²) in [4.78, 5) is 0. The van der Waals surface area contributed by atoms with Crippen molar-refractivity contribution in [2.24, 2.45) is 5.92 Å². The van der Waals surface area contributed by atoms with Crippen LogP contribution in [0.5, 0.6) is 0 Å². The molecule has 0 N–H and O–H groups in total. The summed E-state index contributed by atoms with van der Waals surface area (Å²) >= 11 is 0. The fourth-order valence-electron chi connectivity index (χ4n) is 1.91. The summed E-state index contributed by atoms with van der Waals surface area (Å²) < 4.78 is 16.8. The van der Waals surface area contributed by atoms with Crippen LogP contribution in [0, 0.1) is 17.2 Å². The number of hydrogen-bond acceptors (Lipinski definition) is 4. The molecule has 0 aromatic rings. The monoisotopic (exact) mass is 197 g/mol. The van der Waals surface area contributed by atoms with Crippen LogP contribution in [0.2, 0.25) is 0 Å². The lowest BCUT2D eigenvalue weighted by atomic mass is 9.95. The first-order chi connectivity index (χ1) is 6.72. The van der Waals surface area contributed by atoms with Gasteiger partial charge in [0.05, 0.1) is 37.4 Å². The molecule has 4 heteroatoms. The topological polar surface area (TPSA) is 51.5 Å². The van der Waals surface area contributed by atoms with Crippen LogP contribution in [0.3, 0.4) is 0 Å². The third-order valence-electron chi connectivity index (χ3n) is 2.93. The van der Waals surface area contributed by atoms with Crippen LogP contribution in [0.25, 0.3) is 0 Å². The van der Waals surface area contributed by atoms with E-state index in [1.54, 1.807) is 0 Å². The van der Waals surface area contributed by atoms with E-state index < -0.39 is 0 Å². The largest absolute Gasteiger partial charge is 0.377 e. The highest BCUT2D eigenvalue weighted by Gasteiger charge is 2.42. The fraction of sp³-hybridized carbons (Fsp3) is 0.900. The van der Waals surface area contributed by atoms with Gasteiger partial charge in [-0.05, 0) is 13.8 Å². The number of rotatable bonds is 0. The molecule has 0 spiro atoms. The Morgan fingerprint density at radius 3 is 2.57 bits per heavy atom. The normalized spacial score (nSPS) is 47.9. The van der Waals surface area contributed by atoms with E-state index in [2.05, 4.69) is 6.07 Å². The first-order valence-electron chi connectivity index (χ1n) is 5.00. The molecule has 5 atom stereocenters. The van der Waals surface area contributed by atoms with Gasteiger partial charge < -0.3 is 14.2 Å². The van der Waals surface area contributed by atoms with Crippen molar-refractivity contribution in [1.29, 1.82) is 5.26 Å². The van der Waals surface area contributed by atoms with E-state index in [1.807, 2.05) is 13.8 Å². The Balaban J connectivity index is 2.08. The second-order valence-corrected chi connectivity index (χ2v) is 3.96. The molecule has 0 aromatic heterocycles. The van der Waals surface area contributed by atoms with Gasteiger partial charge in [-0.1, -0.05) is 0 Å². The molecule has 4 nitrogen and oxygen atoms in total. The van der Waals surface area contributed by atoms with Gasteiger partial charge in [0, 0.05) is 0 Å². The predicted octanol–water partition coefficient (Wildman–Crippen LogP) is 0.717. The molecule has 2 saturated heterocycles. The molecule has 0 saturated carbocycles. The summed E-state index contributed by atoms with van der Waals surface area (Å²) in [7, 11) is 0. The van der Waals surface area contributed by atoms with Gasteiger partial charge in [0.25, 0.3) is 0 Å². The molecule has 0 bridgehead atoms. The molecule has 2 aliphatic heterocycles. The summed E-state index contributed by atoms with van der Waals surface area (Å²) in [6.45, 7) is 4.96. The first-order valence-corrected chi connectivity index (χ1v) is 5.00. The zero-order valence-corrected chi connectivity index (χ0v) is 8.47. The molecule has 2 heterocycles. The number of nitrogens with zero attached hydrogens (tertiary/aromatic N) is 1. The summed E-state index contributed by atoms with van der Waals surface area (Å²) in [5.74, 6) is -0.191. The molecule has 0 radical (unpaired) electrons. The van der Waals surface area contributed by atoms with Gasteiger partial charge in [-0.15, -0.1) is 0 Å². The van der Waals surface area contributed by atoms with Crippen LogP contribution in [-0.4, -0.2) is 37.6 Å². The van der Waals surface area contributed by atoms with Crippen LogP contribution in [0.4, 0.5) is 0 Å². The zero-order chi connectivity index (χ0) is 10.1. The Bertz CT molecular complexity index is 250. The quantitative estimate of drug-likeness (QED) is 0.574. The van der Waals surface area contributed by atoms with Crippen molar-refractivity contribution in [2.45, 2.75) is 38.3 Å². The number of hydrogen-bond donors (Lipinski definition) is 0. The molecule has 2 fully saturated rings. The van der Waals surface area contributed by atoms with Crippen LogP contribution in [0.1, 0.15) is 13.8 Å². The maximum absolute atomic E-state index is 8.92. The van der Waals surface area contributed by atoms with Gasteiger partial charge in [0.15, 0.2) is 0 Å². The summed E-state index contributed by atoms with van der Waals surface area (Å²) in [5, 5.41) is 8.92. The van der Waals surface area contributed by atoms with E-state index in [1.165, 1.54) is 0 Å². The lowest BCUT2D eigenvalue weighted by Crippen LogP contribution is -2.55. The average Bonchev–Trinajstić information content (AvgIpc) is 2.19. The van der Waals surface area contributed by atoms with Gasteiger partial charge in [-0.3, -0.25) is 0 Å². The molecule has 0 aliphatic carbocycles. The van der Waals surface area contributed by atoms with Crippen LogP contribution in [-0.2, 0) is 14.2 Å². The molecular formula is C10H15NO3. The smallest absolute Gasteiger partial charge is 0.109 e. The molecule has 2 rings (SSSR count).